The van der Waals surface area contributed by atoms with E-state index in [0.29, 0.717) is 25.0 Å². The van der Waals surface area contributed by atoms with E-state index in [-0.39, 0.29) is 11.9 Å². The van der Waals surface area contributed by atoms with Gasteiger partial charge in [0.1, 0.15) is 18.5 Å². The normalized spacial score (nSPS) is 17.3. The van der Waals surface area contributed by atoms with E-state index >= 15 is 0 Å². The zero-order valence-corrected chi connectivity index (χ0v) is 19.7. The summed E-state index contributed by atoms with van der Waals surface area (Å²) in [4.78, 5) is 4.09. The molecule has 5 heteroatoms. The van der Waals surface area contributed by atoms with Crippen LogP contribution in [0.25, 0.3) is 11.3 Å². The Hall–Kier alpha value is -2.14. The number of unbranched alkanes of at least 4 members (excludes halogenated alkanes) is 7. The third-order valence-electron chi connectivity index (χ3n) is 5.91. The molecule has 1 fully saturated rings. The predicted octanol–water partition coefficient (Wildman–Crippen LogP) is 7.35. The van der Waals surface area contributed by atoms with Gasteiger partial charge in [-0.15, -0.1) is 0 Å². The summed E-state index contributed by atoms with van der Waals surface area (Å²) in [7, 11) is 0. The maximum atomic E-state index is 14.4. The maximum Gasteiger partial charge on any atom is 0.255 e. The van der Waals surface area contributed by atoms with Gasteiger partial charge >= 0.3 is 0 Å². The largest absolute Gasteiger partial charge is 0.491 e. The van der Waals surface area contributed by atoms with Crippen LogP contribution in [-0.4, -0.2) is 30.4 Å². The lowest BCUT2D eigenvalue weighted by Gasteiger charge is -2.09. The fourth-order valence-electron chi connectivity index (χ4n) is 3.83. The minimum Gasteiger partial charge on any atom is -0.491 e. The Balaban J connectivity index is 1.40. The molecule has 176 valence electrons. The number of aromatic nitrogens is 1. The van der Waals surface area contributed by atoms with Gasteiger partial charge in [-0.1, -0.05) is 65.2 Å². The molecule has 0 unspecified atom stereocenters. The molecule has 1 aromatic carbocycles. The lowest BCUT2D eigenvalue weighted by Crippen LogP contribution is -2.07. The number of hydrogen-bond acceptors (Lipinski definition) is 4. The van der Waals surface area contributed by atoms with Gasteiger partial charge in [0.05, 0.1) is 18.4 Å². The summed E-state index contributed by atoms with van der Waals surface area (Å²) < 4.78 is 31.5. The Morgan fingerprint density at radius 3 is 2.28 bits per heavy atom. The Morgan fingerprint density at radius 2 is 1.53 bits per heavy atom. The van der Waals surface area contributed by atoms with E-state index in [0.717, 1.165) is 30.6 Å². The van der Waals surface area contributed by atoms with Gasteiger partial charge in [-0.05, 0) is 49.2 Å². The molecule has 32 heavy (non-hydrogen) atoms. The van der Waals surface area contributed by atoms with Crippen molar-refractivity contribution in [3.05, 3.63) is 42.3 Å². The summed E-state index contributed by atoms with van der Waals surface area (Å²) in [5, 5.41) is 0. The van der Waals surface area contributed by atoms with Crippen molar-refractivity contribution in [3.8, 4) is 22.8 Å². The van der Waals surface area contributed by atoms with Crippen molar-refractivity contribution < 1.29 is 18.6 Å². The molecule has 0 spiro atoms. The summed E-state index contributed by atoms with van der Waals surface area (Å²) in [5.74, 6) is 0.449. The number of halogens is 1. The van der Waals surface area contributed by atoms with Gasteiger partial charge in [0, 0.05) is 5.56 Å². The van der Waals surface area contributed by atoms with Crippen LogP contribution in [0.5, 0.6) is 11.5 Å². The molecule has 0 N–H and O–H groups in total. The first-order valence-electron chi connectivity index (χ1n) is 12.4. The summed E-state index contributed by atoms with van der Waals surface area (Å²) in [6, 6.07) is 11.1. The number of epoxide rings is 1. The van der Waals surface area contributed by atoms with Crippen molar-refractivity contribution in [2.45, 2.75) is 90.3 Å². The lowest BCUT2D eigenvalue weighted by molar-refractivity contribution is 0.259. The molecule has 3 rings (SSSR count). The van der Waals surface area contributed by atoms with E-state index in [1.807, 2.05) is 24.3 Å². The zero-order valence-electron chi connectivity index (χ0n) is 19.7. The van der Waals surface area contributed by atoms with Crippen LogP contribution < -0.4 is 9.47 Å². The summed E-state index contributed by atoms with van der Waals surface area (Å²) in [5.41, 5.74) is 1.43. The highest BCUT2D eigenvalue weighted by Gasteiger charge is 2.38. The Bertz CT molecular complexity index is 796. The Morgan fingerprint density at radius 1 is 0.812 bits per heavy atom. The molecule has 0 saturated carbocycles. The molecule has 4 nitrogen and oxygen atoms in total. The molecule has 0 aliphatic carbocycles. The average molecular weight is 444 g/mol. The van der Waals surface area contributed by atoms with E-state index in [1.165, 1.54) is 44.9 Å². The second-order valence-corrected chi connectivity index (χ2v) is 8.65. The summed E-state index contributed by atoms with van der Waals surface area (Å²) in [6.45, 7) is 5.52. The molecule has 2 aromatic rings. The minimum absolute atomic E-state index is 0.214. The monoisotopic (exact) mass is 443 g/mol. The number of hydrogen-bond donors (Lipinski definition) is 0. The van der Waals surface area contributed by atoms with Crippen LogP contribution in [0.15, 0.2) is 36.4 Å². The highest BCUT2D eigenvalue weighted by molar-refractivity contribution is 5.60. The molecule has 1 saturated heterocycles. The van der Waals surface area contributed by atoms with E-state index in [4.69, 9.17) is 14.2 Å². The Kier molecular flexibility index (Phi) is 10.3. The zero-order chi connectivity index (χ0) is 22.6. The second-order valence-electron chi connectivity index (χ2n) is 8.65. The molecule has 0 bridgehead atoms. The van der Waals surface area contributed by atoms with Gasteiger partial charge in [-0.25, -0.2) is 4.98 Å². The van der Waals surface area contributed by atoms with Crippen LogP contribution in [0.2, 0.25) is 0 Å². The van der Waals surface area contributed by atoms with Gasteiger partial charge in [-0.3, -0.25) is 0 Å². The minimum atomic E-state index is -0.561. The van der Waals surface area contributed by atoms with Crippen molar-refractivity contribution >= 4 is 0 Å². The topological polar surface area (TPSA) is 43.9 Å². The van der Waals surface area contributed by atoms with Crippen molar-refractivity contribution in [2.24, 2.45) is 0 Å². The smallest absolute Gasteiger partial charge is 0.255 e. The van der Waals surface area contributed by atoms with Crippen LogP contribution in [0.4, 0.5) is 4.39 Å². The van der Waals surface area contributed by atoms with Crippen molar-refractivity contribution in [3.63, 3.8) is 0 Å². The molecule has 1 aliphatic rings. The Labute approximate surface area is 192 Å². The SMILES string of the molecule is CCCCCCCCOc1ccc(-c2ccc(OC[C@@H]3O[C@H]3CCCCC)cc2)nc1F. The number of rotatable bonds is 16. The maximum absolute atomic E-state index is 14.4. The first-order valence-corrected chi connectivity index (χ1v) is 12.4. The lowest BCUT2D eigenvalue weighted by atomic mass is 10.1. The third kappa shape index (κ3) is 8.09. The van der Waals surface area contributed by atoms with Crippen molar-refractivity contribution in [2.75, 3.05) is 13.2 Å². The van der Waals surface area contributed by atoms with Crippen LogP contribution in [0.3, 0.4) is 0 Å². The van der Waals surface area contributed by atoms with Gasteiger partial charge in [0.15, 0.2) is 5.75 Å². The molecular weight excluding hydrogens is 405 g/mol. The van der Waals surface area contributed by atoms with Crippen molar-refractivity contribution in [1.82, 2.24) is 4.98 Å². The fourth-order valence-corrected chi connectivity index (χ4v) is 3.83. The molecule has 2 heterocycles. The first kappa shape index (κ1) is 24.5. The van der Waals surface area contributed by atoms with Gasteiger partial charge in [0.2, 0.25) is 0 Å². The number of nitrogens with zero attached hydrogens (tertiary/aromatic N) is 1. The molecule has 0 radical (unpaired) electrons. The number of benzene rings is 1. The van der Waals surface area contributed by atoms with E-state index < -0.39 is 5.95 Å². The van der Waals surface area contributed by atoms with Crippen LogP contribution in [-0.2, 0) is 4.74 Å². The highest BCUT2D eigenvalue weighted by atomic mass is 19.1. The van der Waals surface area contributed by atoms with E-state index in [2.05, 4.69) is 18.8 Å². The number of pyridine rings is 1. The summed E-state index contributed by atoms with van der Waals surface area (Å²) >= 11 is 0. The third-order valence-corrected chi connectivity index (χ3v) is 5.91. The standard InChI is InChI=1S/C27H38FNO3/c1-3-5-7-8-9-11-19-30-25-18-17-23(29-27(25)28)21-13-15-22(16-14-21)31-20-26-24(32-26)12-10-6-4-2/h13-18,24,26H,3-12,19-20H2,1-2H3/t24-,26-/m0/s1. The van der Waals surface area contributed by atoms with Gasteiger partial charge < -0.3 is 14.2 Å². The molecule has 0 amide bonds. The number of ether oxygens (including phenoxy) is 3. The molecule has 2 atom stereocenters. The van der Waals surface area contributed by atoms with Crippen molar-refractivity contribution in [1.29, 1.82) is 0 Å². The predicted molar refractivity (Wildman–Crippen MR) is 127 cm³/mol. The molecular formula is C27H38FNO3. The van der Waals surface area contributed by atoms with Crippen LogP contribution in [0, 0.1) is 5.95 Å². The van der Waals surface area contributed by atoms with Crippen LogP contribution in [0.1, 0.15) is 78.1 Å². The highest BCUT2D eigenvalue weighted by Crippen LogP contribution is 2.29. The van der Waals surface area contributed by atoms with Gasteiger partial charge in [-0.2, -0.15) is 4.39 Å². The second kappa shape index (κ2) is 13.4. The van der Waals surface area contributed by atoms with Gasteiger partial charge in [0.25, 0.3) is 5.95 Å². The van der Waals surface area contributed by atoms with E-state index in [1.54, 1.807) is 12.1 Å². The average Bonchev–Trinajstić information content (AvgIpc) is 3.57. The molecule has 1 aliphatic heterocycles. The van der Waals surface area contributed by atoms with Crippen LogP contribution >= 0.6 is 0 Å². The molecule has 1 aromatic heterocycles. The first-order chi connectivity index (χ1) is 15.7. The quantitative estimate of drug-likeness (QED) is 0.154. The summed E-state index contributed by atoms with van der Waals surface area (Å²) in [6.07, 6.45) is 12.5. The fraction of sp³-hybridized carbons (Fsp3) is 0.593. The van der Waals surface area contributed by atoms with E-state index in [9.17, 15) is 4.39 Å².